The molecule has 0 radical (unpaired) electrons. The molecule has 0 amide bonds. The van der Waals surface area contributed by atoms with Crippen LogP contribution in [0.2, 0.25) is 0 Å². The van der Waals surface area contributed by atoms with Gasteiger partial charge in [-0.05, 0) is 68.8 Å². The van der Waals surface area contributed by atoms with Gasteiger partial charge < -0.3 is 18.9 Å². The largest absolute Gasteiger partial charge is 0.488 e. The molecular weight excluding hydrogens is 789 g/mol. The summed E-state index contributed by atoms with van der Waals surface area (Å²) in [5.41, 5.74) is 12.5. The highest BCUT2D eigenvalue weighted by atomic mass is 16.5. The van der Waals surface area contributed by atoms with Crippen molar-refractivity contribution in [1.29, 1.82) is 10.5 Å². The SMILES string of the molecule is N#Cc1cc2c(OCc3ccccc3)c(c1)Cc1cccc(c1OCc1ccccc1)Cc1cc(C#N)cc(c1OCc1ccccc1)Cc1cccc(c1OCc1ccccc1)C2. The second-order valence-corrected chi connectivity index (χ2v) is 16.1. The number of para-hydroxylation sites is 2. The summed E-state index contributed by atoms with van der Waals surface area (Å²) in [5.74, 6) is 2.95. The number of nitrogens with zero attached hydrogens (tertiary/aromatic N) is 2. The van der Waals surface area contributed by atoms with Gasteiger partial charge in [-0.15, -0.1) is 0 Å². The number of nitriles is 2. The Hall–Kier alpha value is -8.06. The van der Waals surface area contributed by atoms with Gasteiger partial charge in [0.1, 0.15) is 49.4 Å². The molecule has 6 nitrogen and oxygen atoms in total. The quantitative estimate of drug-likeness (QED) is 0.122. The van der Waals surface area contributed by atoms with Crippen molar-refractivity contribution < 1.29 is 18.9 Å². The van der Waals surface area contributed by atoms with Gasteiger partial charge in [0.2, 0.25) is 0 Å². The summed E-state index contributed by atoms with van der Waals surface area (Å²) in [5, 5.41) is 21.1. The van der Waals surface area contributed by atoms with Gasteiger partial charge in [-0.2, -0.15) is 10.5 Å². The average Bonchev–Trinajstić information content (AvgIpc) is 3.34. The standard InChI is InChI=1S/C58H46N2O4/c59-35-45-27-51-31-47-23-13-24-48(55(47)61-37-41-15-5-1-6-16-41)32-52-28-46(36-60)30-54(58(52)64-40-44-21-11-4-12-22-44)34-50-26-14-25-49(56(50)62-38-42-17-7-2-8-18-42)33-53(29-45)57(51)63-39-43-19-9-3-10-20-43/h1-30H,31-34,37-40H2. The van der Waals surface area contributed by atoms with Crippen LogP contribution in [0.15, 0.2) is 182 Å². The number of ether oxygens (including phenoxy) is 4. The molecule has 0 saturated carbocycles. The first-order valence-corrected chi connectivity index (χ1v) is 21.6. The van der Waals surface area contributed by atoms with Crippen LogP contribution in [0.3, 0.4) is 0 Å². The summed E-state index contributed by atoms with van der Waals surface area (Å²) >= 11 is 0. The summed E-state index contributed by atoms with van der Waals surface area (Å²) in [6.07, 6.45) is 1.73. The number of hydrogen-bond donors (Lipinski definition) is 0. The zero-order chi connectivity index (χ0) is 43.5. The van der Waals surface area contributed by atoms with E-state index in [9.17, 15) is 10.5 Å². The smallest absolute Gasteiger partial charge is 0.126 e. The lowest BCUT2D eigenvalue weighted by Gasteiger charge is -2.23. The predicted molar refractivity (Wildman–Crippen MR) is 250 cm³/mol. The van der Waals surface area contributed by atoms with E-state index in [2.05, 4.69) is 97.1 Å². The Morgan fingerprint density at radius 3 is 0.766 bits per heavy atom. The van der Waals surface area contributed by atoms with Crippen molar-refractivity contribution in [3.05, 3.63) is 260 Å². The second kappa shape index (κ2) is 19.8. The Bertz CT molecular complexity index is 2660. The van der Waals surface area contributed by atoms with Crippen LogP contribution >= 0.6 is 0 Å². The monoisotopic (exact) mass is 834 g/mol. The van der Waals surface area contributed by atoms with Crippen LogP contribution in [0, 0.1) is 22.7 Å². The lowest BCUT2D eigenvalue weighted by molar-refractivity contribution is 0.293. The van der Waals surface area contributed by atoms with Gasteiger partial charge in [0.15, 0.2) is 0 Å². The van der Waals surface area contributed by atoms with Crippen molar-refractivity contribution in [2.24, 2.45) is 0 Å². The lowest BCUT2D eigenvalue weighted by Crippen LogP contribution is -2.10. The minimum absolute atomic E-state index is 0.350. The normalized spacial score (nSPS) is 11.7. The molecule has 0 aromatic heterocycles. The van der Waals surface area contributed by atoms with Gasteiger partial charge in [-0.3, -0.25) is 0 Å². The third kappa shape index (κ3) is 9.84. The third-order valence-corrected chi connectivity index (χ3v) is 11.5. The van der Waals surface area contributed by atoms with Gasteiger partial charge in [-0.1, -0.05) is 158 Å². The third-order valence-electron chi connectivity index (χ3n) is 11.5. The first kappa shape index (κ1) is 41.3. The summed E-state index contributed by atoms with van der Waals surface area (Å²) in [4.78, 5) is 0. The fraction of sp³-hybridized carbons (Fsp3) is 0.138. The second-order valence-electron chi connectivity index (χ2n) is 16.1. The Labute approximate surface area is 375 Å². The van der Waals surface area contributed by atoms with Crippen LogP contribution in [0.1, 0.15) is 77.9 Å². The molecule has 0 fully saturated rings. The zero-order valence-electron chi connectivity index (χ0n) is 35.5. The fourth-order valence-electron chi connectivity index (χ4n) is 8.48. The molecule has 0 N–H and O–H groups in total. The van der Waals surface area contributed by atoms with E-state index in [1.165, 1.54) is 0 Å². The molecule has 8 bridgehead atoms. The van der Waals surface area contributed by atoms with Gasteiger partial charge in [0, 0.05) is 47.9 Å². The Morgan fingerprint density at radius 2 is 0.531 bits per heavy atom. The van der Waals surface area contributed by atoms with Crippen LogP contribution in [-0.2, 0) is 52.1 Å². The highest BCUT2D eigenvalue weighted by molar-refractivity contribution is 5.59. The highest BCUT2D eigenvalue weighted by Gasteiger charge is 2.24. The molecule has 0 heterocycles. The molecule has 9 rings (SSSR count). The van der Waals surface area contributed by atoms with Gasteiger partial charge in [0.05, 0.1) is 23.3 Å². The molecule has 8 aromatic rings. The molecule has 0 atom stereocenters. The number of hydrogen-bond acceptors (Lipinski definition) is 6. The van der Waals surface area contributed by atoms with E-state index in [-0.39, 0.29) is 0 Å². The molecule has 0 spiro atoms. The van der Waals surface area contributed by atoms with Crippen LogP contribution in [0.25, 0.3) is 0 Å². The number of rotatable bonds is 12. The van der Waals surface area contributed by atoms with E-state index in [4.69, 9.17) is 18.9 Å². The topological polar surface area (TPSA) is 84.5 Å². The fourth-order valence-corrected chi connectivity index (χ4v) is 8.48. The van der Waals surface area contributed by atoms with E-state index in [0.717, 1.165) is 89.8 Å². The predicted octanol–water partition coefficient (Wildman–Crippen LogP) is 12.4. The maximum Gasteiger partial charge on any atom is 0.126 e. The Morgan fingerprint density at radius 1 is 0.297 bits per heavy atom. The van der Waals surface area contributed by atoms with E-state index < -0.39 is 0 Å². The van der Waals surface area contributed by atoms with Crippen LogP contribution < -0.4 is 18.9 Å². The van der Waals surface area contributed by atoms with E-state index in [0.29, 0.717) is 63.2 Å². The molecule has 1 aliphatic rings. The zero-order valence-corrected chi connectivity index (χ0v) is 35.5. The van der Waals surface area contributed by atoms with Gasteiger partial charge >= 0.3 is 0 Å². The van der Waals surface area contributed by atoms with Gasteiger partial charge in [0.25, 0.3) is 0 Å². The Kier molecular flexibility index (Phi) is 12.8. The first-order valence-electron chi connectivity index (χ1n) is 21.6. The molecule has 64 heavy (non-hydrogen) atoms. The molecule has 0 unspecified atom stereocenters. The number of fused-ring (bicyclic) bond motifs is 8. The Balaban J connectivity index is 1.25. The molecule has 312 valence electrons. The van der Waals surface area contributed by atoms with Crippen LogP contribution in [0.5, 0.6) is 23.0 Å². The van der Waals surface area contributed by atoms with Crippen molar-refractivity contribution in [2.75, 3.05) is 0 Å². The molecule has 8 aromatic carbocycles. The van der Waals surface area contributed by atoms with E-state index >= 15 is 0 Å². The summed E-state index contributed by atoms with van der Waals surface area (Å²) in [6.45, 7) is 1.41. The number of benzene rings is 8. The molecule has 0 saturated heterocycles. The molecular formula is C58H46N2O4. The van der Waals surface area contributed by atoms with E-state index in [1.54, 1.807) is 0 Å². The minimum Gasteiger partial charge on any atom is -0.488 e. The lowest BCUT2D eigenvalue weighted by atomic mass is 9.90. The summed E-state index contributed by atoms with van der Waals surface area (Å²) in [7, 11) is 0. The van der Waals surface area contributed by atoms with Crippen molar-refractivity contribution in [3.63, 3.8) is 0 Å². The van der Waals surface area contributed by atoms with Crippen LogP contribution in [0.4, 0.5) is 0 Å². The van der Waals surface area contributed by atoms with E-state index in [1.807, 2.05) is 97.1 Å². The van der Waals surface area contributed by atoms with Crippen molar-refractivity contribution in [1.82, 2.24) is 0 Å². The first-order chi connectivity index (χ1) is 31.6. The highest BCUT2D eigenvalue weighted by Crippen LogP contribution is 2.40. The molecule has 1 aliphatic carbocycles. The van der Waals surface area contributed by atoms with Gasteiger partial charge in [-0.25, -0.2) is 0 Å². The molecule has 0 aliphatic heterocycles. The summed E-state index contributed by atoms with van der Waals surface area (Å²) < 4.78 is 27.5. The van der Waals surface area contributed by atoms with Crippen LogP contribution in [-0.4, -0.2) is 0 Å². The van der Waals surface area contributed by atoms with Crippen molar-refractivity contribution >= 4 is 0 Å². The maximum atomic E-state index is 10.5. The van der Waals surface area contributed by atoms with Crippen molar-refractivity contribution in [2.45, 2.75) is 52.1 Å². The molecule has 6 heteroatoms. The summed E-state index contributed by atoms with van der Waals surface area (Å²) in [6, 6.07) is 65.8. The minimum atomic E-state index is 0.350. The van der Waals surface area contributed by atoms with Crippen molar-refractivity contribution in [3.8, 4) is 35.1 Å². The maximum absolute atomic E-state index is 10.5. The average molecular weight is 835 g/mol.